The van der Waals surface area contributed by atoms with E-state index in [1.54, 1.807) is 52.9 Å². The zero-order valence-corrected chi connectivity index (χ0v) is 17.4. The van der Waals surface area contributed by atoms with Gasteiger partial charge in [0.2, 0.25) is 5.82 Å². The van der Waals surface area contributed by atoms with E-state index in [9.17, 15) is 13.6 Å². The highest BCUT2D eigenvalue weighted by Crippen LogP contribution is 2.33. The Kier molecular flexibility index (Phi) is 5.82. The van der Waals surface area contributed by atoms with Crippen molar-refractivity contribution in [3.05, 3.63) is 53.6 Å². The number of amides is 1. The number of aryl methyl sites for hydroxylation is 1. The Morgan fingerprint density at radius 2 is 1.90 bits per heavy atom. The van der Waals surface area contributed by atoms with E-state index in [1.807, 2.05) is 0 Å². The van der Waals surface area contributed by atoms with Crippen molar-refractivity contribution in [2.75, 3.05) is 0 Å². The van der Waals surface area contributed by atoms with Crippen molar-refractivity contribution >= 4 is 6.09 Å². The van der Waals surface area contributed by atoms with Gasteiger partial charge >= 0.3 is 6.09 Å². The summed E-state index contributed by atoms with van der Waals surface area (Å²) < 4.78 is 34.6. The Labute approximate surface area is 173 Å². The monoisotopic (exact) mass is 415 g/mol. The fraction of sp³-hybridized carbons (Fsp3) is 0.333. The van der Waals surface area contributed by atoms with Crippen LogP contribution in [0.1, 0.15) is 39.3 Å². The standard InChI is InChI=1S/C21H23F2N5O2/c1-12(24-20(29)30-21(2,3)4)14-10-9-13(11-17(14)23)15-7-6-8-16(22)18(15)19-25-27-28(5)26-19/h6-12H,1-5H3,(H,24,29). The van der Waals surface area contributed by atoms with Crippen molar-refractivity contribution in [2.24, 2.45) is 7.05 Å². The summed E-state index contributed by atoms with van der Waals surface area (Å²) >= 11 is 0. The SMILES string of the molecule is CC(NC(=O)OC(C)(C)C)c1ccc(-c2cccc(F)c2-c2nnn(C)n2)cc1F. The summed E-state index contributed by atoms with van der Waals surface area (Å²) in [5, 5.41) is 14.3. The van der Waals surface area contributed by atoms with Crippen LogP contribution in [0.15, 0.2) is 36.4 Å². The van der Waals surface area contributed by atoms with E-state index in [4.69, 9.17) is 4.74 Å². The maximum atomic E-state index is 14.9. The number of hydrogen-bond donors (Lipinski definition) is 1. The van der Waals surface area contributed by atoms with Gasteiger partial charge in [0, 0.05) is 5.56 Å². The number of alkyl carbamates (subject to hydrolysis) is 1. The topological polar surface area (TPSA) is 81.9 Å². The fourth-order valence-electron chi connectivity index (χ4n) is 2.98. The highest BCUT2D eigenvalue weighted by atomic mass is 19.1. The van der Waals surface area contributed by atoms with Crippen LogP contribution in [0.2, 0.25) is 0 Å². The summed E-state index contributed by atoms with van der Waals surface area (Å²) in [4.78, 5) is 13.2. The molecule has 1 amide bonds. The molecule has 0 saturated heterocycles. The van der Waals surface area contributed by atoms with Crippen molar-refractivity contribution in [2.45, 2.75) is 39.3 Å². The second kappa shape index (κ2) is 8.17. The number of aromatic nitrogens is 4. The minimum Gasteiger partial charge on any atom is -0.444 e. The first-order chi connectivity index (χ1) is 14.0. The van der Waals surface area contributed by atoms with Gasteiger partial charge in [0.15, 0.2) is 0 Å². The number of carbonyl (C=O) groups is 1. The van der Waals surface area contributed by atoms with Crippen molar-refractivity contribution in [3.63, 3.8) is 0 Å². The summed E-state index contributed by atoms with van der Waals surface area (Å²) in [7, 11) is 1.57. The first-order valence-corrected chi connectivity index (χ1v) is 9.37. The van der Waals surface area contributed by atoms with Gasteiger partial charge in [-0.05, 0) is 56.2 Å². The lowest BCUT2D eigenvalue weighted by Gasteiger charge is -2.22. The second-order valence-corrected chi connectivity index (χ2v) is 7.87. The Hall–Kier alpha value is -3.36. The van der Waals surface area contributed by atoms with Crippen LogP contribution in [0.25, 0.3) is 22.5 Å². The van der Waals surface area contributed by atoms with Crippen molar-refractivity contribution < 1.29 is 18.3 Å². The van der Waals surface area contributed by atoms with E-state index in [0.29, 0.717) is 11.1 Å². The van der Waals surface area contributed by atoms with Crippen LogP contribution in [0, 0.1) is 11.6 Å². The van der Waals surface area contributed by atoms with Crippen LogP contribution in [0.5, 0.6) is 0 Å². The molecule has 1 unspecified atom stereocenters. The Balaban J connectivity index is 1.91. The number of ether oxygens (including phenoxy) is 1. The summed E-state index contributed by atoms with van der Waals surface area (Å²) in [5.74, 6) is -0.974. The van der Waals surface area contributed by atoms with E-state index in [0.717, 1.165) is 0 Å². The highest BCUT2D eigenvalue weighted by Gasteiger charge is 2.21. The van der Waals surface area contributed by atoms with E-state index >= 15 is 0 Å². The predicted octanol–water partition coefficient (Wildman–Crippen LogP) is 4.41. The van der Waals surface area contributed by atoms with Gasteiger partial charge in [-0.25, -0.2) is 13.6 Å². The largest absolute Gasteiger partial charge is 0.444 e. The summed E-state index contributed by atoms with van der Waals surface area (Å²) in [5.41, 5.74) is 0.635. The maximum Gasteiger partial charge on any atom is 0.408 e. The smallest absolute Gasteiger partial charge is 0.408 e. The van der Waals surface area contributed by atoms with Crippen LogP contribution in [-0.2, 0) is 11.8 Å². The van der Waals surface area contributed by atoms with Gasteiger partial charge in [-0.2, -0.15) is 4.80 Å². The summed E-state index contributed by atoms with van der Waals surface area (Å²) in [6.07, 6.45) is -0.639. The third kappa shape index (κ3) is 4.79. The molecule has 7 nitrogen and oxygen atoms in total. The Bertz CT molecular complexity index is 1080. The molecule has 9 heteroatoms. The van der Waals surface area contributed by atoms with Gasteiger partial charge in [-0.1, -0.05) is 24.3 Å². The summed E-state index contributed by atoms with van der Waals surface area (Å²) in [6, 6.07) is 8.34. The third-order valence-electron chi connectivity index (χ3n) is 4.26. The minimum absolute atomic E-state index is 0.107. The van der Waals surface area contributed by atoms with Gasteiger partial charge in [-0.15, -0.1) is 10.2 Å². The molecule has 3 rings (SSSR count). The summed E-state index contributed by atoms with van der Waals surface area (Å²) in [6.45, 7) is 6.89. The zero-order valence-electron chi connectivity index (χ0n) is 17.4. The van der Waals surface area contributed by atoms with Gasteiger partial charge in [0.05, 0.1) is 18.7 Å². The molecule has 0 spiro atoms. The molecule has 2 aromatic carbocycles. The molecule has 0 aliphatic heterocycles. The van der Waals surface area contributed by atoms with Gasteiger partial charge in [0.25, 0.3) is 0 Å². The normalized spacial score (nSPS) is 12.5. The molecule has 3 aromatic rings. The molecular weight excluding hydrogens is 392 g/mol. The van der Waals surface area contributed by atoms with Gasteiger partial charge in [-0.3, -0.25) is 0 Å². The molecule has 1 atom stereocenters. The van der Waals surface area contributed by atoms with E-state index in [-0.39, 0.29) is 17.0 Å². The molecule has 0 aliphatic carbocycles. The molecule has 1 heterocycles. The predicted molar refractivity (Wildman–Crippen MR) is 107 cm³/mol. The van der Waals surface area contributed by atoms with Gasteiger partial charge in [0.1, 0.15) is 17.2 Å². The zero-order chi connectivity index (χ0) is 22.1. The highest BCUT2D eigenvalue weighted by molar-refractivity contribution is 5.81. The number of halogens is 2. The Morgan fingerprint density at radius 1 is 1.17 bits per heavy atom. The molecule has 1 aromatic heterocycles. The van der Waals surface area contributed by atoms with E-state index in [1.165, 1.54) is 23.0 Å². The quantitative estimate of drug-likeness (QED) is 0.683. The molecule has 0 radical (unpaired) electrons. The molecule has 0 bridgehead atoms. The molecule has 0 saturated carbocycles. The maximum absolute atomic E-state index is 14.9. The number of nitrogens with zero attached hydrogens (tertiary/aromatic N) is 4. The van der Waals surface area contributed by atoms with Crippen molar-refractivity contribution in [1.29, 1.82) is 0 Å². The lowest BCUT2D eigenvalue weighted by Crippen LogP contribution is -2.34. The van der Waals surface area contributed by atoms with Crippen LogP contribution in [-0.4, -0.2) is 31.9 Å². The molecule has 1 N–H and O–H groups in total. The first kappa shape index (κ1) is 21.4. The lowest BCUT2D eigenvalue weighted by atomic mass is 9.96. The Morgan fingerprint density at radius 3 is 2.50 bits per heavy atom. The fourth-order valence-corrected chi connectivity index (χ4v) is 2.98. The second-order valence-electron chi connectivity index (χ2n) is 7.87. The van der Waals surface area contributed by atoms with Crippen molar-refractivity contribution in [3.8, 4) is 22.5 Å². The van der Waals surface area contributed by atoms with E-state index < -0.39 is 29.4 Å². The number of nitrogens with one attached hydrogen (secondary N) is 1. The van der Waals surface area contributed by atoms with Crippen molar-refractivity contribution in [1.82, 2.24) is 25.5 Å². The average Bonchev–Trinajstić information content (AvgIpc) is 3.05. The molecular formula is C21H23F2N5O2. The van der Waals surface area contributed by atoms with E-state index in [2.05, 4.69) is 20.7 Å². The number of carbonyl (C=O) groups excluding carboxylic acids is 1. The molecule has 0 aliphatic rings. The minimum atomic E-state index is -0.658. The van der Waals surface area contributed by atoms with Crippen LogP contribution < -0.4 is 5.32 Å². The third-order valence-corrected chi connectivity index (χ3v) is 4.26. The van der Waals surface area contributed by atoms with Crippen LogP contribution >= 0.6 is 0 Å². The first-order valence-electron chi connectivity index (χ1n) is 9.37. The van der Waals surface area contributed by atoms with Gasteiger partial charge < -0.3 is 10.1 Å². The average molecular weight is 415 g/mol. The lowest BCUT2D eigenvalue weighted by molar-refractivity contribution is 0.0507. The number of rotatable bonds is 4. The molecule has 158 valence electrons. The van der Waals surface area contributed by atoms with Crippen LogP contribution in [0.4, 0.5) is 13.6 Å². The number of benzene rings is 2. The molecule has 0 fully saturated rings. The van der Waals surface area contributed by atoms with Crippen LogP contribution in [0.3, 0.4) is 0 Å². The number of tetrazole rings is 1. The number of hydrogen-bond acceptors (Lipinski definition) is 5. The molecule has 30 heavy (non-hydrogen) atoms.